The summed E-state index contributed by atoms with van der Waals surface area (Å²) < 4.78 is 16.8. The van der Waals surface area contributed by atoms with E-state index in [4.69, 9.17) is 4.74 Å². The molecule has 0 bridgehead atoms. The number of amides is 1. The van der Waals surface area contributed by atoms with Crippen molar-refractivity contribution in [3.05, 3.63) is 24.3 Å². The molecule has 2 rings (SSSR count). The molecule has 0 unspecified atom stereocenters. The predicted molar refractivity (Wildman–Crippen MR) is 83.3 cm³/mol. The smallest absolute Gasteiger partial charge is 0.359 e. The summed E-state index contributed by atoms with van der Waals surface area (Å²) in [5.74, 6) is -0.117. The molecule has 0 saturated heterocycles. The Labute approximate surface area is 130 Å². The van der Waals surface area contributed by atoms with E-state index in [-0.39, 0.29) is 29.6 Å². The highest BCUT2D eigenvalue weighted by atomic mass is 31.2. The van der Waals surface area contributed by atoms with Crippen molar-refractivity contribution < 1.29 is 23.9 Å². The van der Waals surface area contributed by atoms with Crippen molar-refractivity contribution in [2.75, 3.05) is 13.7 Å². The number of nitrogens with zero attached hydrogens (tertiary/aromatic N) is 1. The average molecular weight is 327 g/mol. The van der Waals surface area contributed by atoms with Crippen LogP contribution in [0, 0.1) is 0 Å². The summed E-state index contributed by atoms with van der Waals surface area (Å²) in [6, 6.07) is 6.15. The van der Waals surface area contributed by atoms with Crippen LogP contribution in [0.2, 0.25) is 0 Å². The van der Waals surface area contributed by atoms with Gasteiger partial charge in [-0.2, -0.15) is 0 Å². The lowest BCUT2D eigenvalue weighted by Gasteiger charge is -2.31. The van der Waals surface area contributed by atoms with Gasteiger partial charge in [-0.05, 0) is 25.0 Å². The van der Waals surface area contributed by atoms with Gasteiger partial charge in [-0.1, -0.05) is 31.4 Å². The van der Waals surface area contributed by atoms with Crippen LogP contribution in [0.25, 0.3) is 0 Å². The Hall–Kier alpha value is -1.36. The summed E-state index contributed by atoms with van der Waals surface area (Å²) in [5.41, 5.74) is 0. The first kappa shape index (κ1) is 17.0. The van der Waals surface area contributed by atoms with Crippen molar-refractivity contribution in [3.8, 4) is 5.75 Å². The summed E-state index contributed by atoms with van der Waals surface area (Å²) in [4.78, 5) is 32.4. The molecule has 0 aromatic heterocycles. The van der Waals surface area contributed by atoms with Gasteiger partial charge in [0.05, 0.1) is 0 Å². The van der Waals surface area contributed by atoms with Crippen molar-refractivity contribution in [2.24, 2.45) is 0 Å². The molecular formula is C15H22NO5P. The lowest BCUT2D eigenvalue weighted by atomic mass is 9.94. The molecule has 1 saturated carbocycles. The molecule has 7 heteroatoms. The van der Waals surface area contributed by atoms with E-state index in [0.717, 1.165) is 25.7 Å². The zero-order chi connectivity index (χ0) is 16.2. The molecule has 6 nitrogen and oxygen atoms in total. The fourth-order valence-corrected chi connectivity index (χ4v) is 3.44. The fraction of sp³-hybridized carbons (Fsp3) is 0.533. The molecule has 22 heavy (non-hydrogen) atoms. The lowest BCUT2D eigenvalue weighted by Crippen LogP contribution is -2.41. The van der Waals surface area contributed by atoms with Gasteiger partial charge in [-0.25, -0.2) is 0 Å². The monoisotopic (exact) mass is 327 g/mol. The van der Waals surface area contributed by atoms with Crippen LogP contribution in [-0.2, 0) is 9.36 Å². The second-order valence-corrected chi connectivity index (χ2v) is 7.17. The molecule has 2 N–H and O–H groups in total. The molecule has 0 atom stereocenters. The number of ether oxygens (including phenoxy) is 1. The van der Waals surface area contributed by atoms with Crippen LogP contribution in [0.3, 0.4) is 0 Å². The van der Waals surface area contributed by atoms with E-state index in [1.54, 1.807) is 18.0 Å². The number of para-hydroxylation sites is 1. The number of hydrogen-bond donors (Lipinski definition) is 2. The molecule has 1 aliphatic rings. The van der Waals surface area contributed by atoms with E-state index in [2.05, 4.69) is 0 Å². The minimum atomic E-state index is -4.42. The first-order valence-electron chi connectivity index (χ1n) is 7.43. The predicted octanol–water partition coefficient (Wildman–Crippen LogP) is 1.66. The molecule has 1 fully saturated rings. The molecule has 0 spiro atoms. The van der Waals surface area contributed by atoms with Crippen molar-refractivity contribution in [1.29, 1.82) is 0 Å². The maximum Gasteiger partial charge on any atom is 0.359 e. The Morgan fingerprint density at radius 3 is 2.55 bits per heavy atom. The van der Waals surface area contributed by atoms with E-state index in [0.29, 0.717) is 0 Å². The van der Waals surface area contributed by atoms with Crippen LogP contribution in [0.1, 0.15) is 32.1 Å². The summed E-state index contributed by atoms with van der Waals surface area (Å²) in [6.45, 7) is -0.218. The van der Waals surface area contributed by atoms with E-state index in [1.807, 2.05) is 0 Å². The van der Waals surface area contributed by atoms with E-state index >= 15 is 0 Å². The summed E-state index contributed by atoms with van der Waals surface area (Å²) in [7, 11) is -2.66. The molecule has 1 aliphatic carbocycles. The largest absolute Gasteiger partial charge is 0.483 e. The molecule has 0 radical (unpaired) electrons. The zero-order valence-corrected chi connectivity index (χ0v) is 13.5. The van der Waals surface area contributed by atoms with Crippen LogP contribution >= 0.6 is 7.60 Å². The maximum atomic E-state index is 12.2. The van der Waals surface area contributed by atoms with E-state index in [9.17, 15) is 19.1 Å². The Balaban J connectivity index is 1.98. The first-order chi connectivity index (χ1) is 10.4. The number of carbonyl (C=O) groups excluding carboxylic acids is 1. The lowest BCUT2D eigenvalue weighted by molar-refractivity contribution is -0.134. The summed E-state index contributed by atoms with van der Waals surface area (Å²) in [6.07, 6.45) is 5.47. The highest BCUT2D eigenvalue weighted by Gasteiger charge is 2.25. The molecule has 0 aliphatic heterocycles. The number of rotatable bonds is 5. The SMILES string of the molecule is CN(C(=O)COc1ccccc1P(=O)(O)O)C1CCCCC1. The average Bonchev–Trinajstić information content (AvgIpc) is 2.52. The normalized spacial score (nSPS) is 16.3. The second-order valence-electron chi connectivity index (χ2n) is 5.60. The minimum absolute atomic E-state index is 0.0567. The van der Waals surface area contributed by atoms with Crippen molar-refractivity contribution in [1.82, 2.24) is 4.90 Å². The molecule has 1 aromatic rings. The molecule has 1 aromatic carbocycles. The number of hydrogen-bond acceptors (Lipinski definition) is 3. The highest BCUT2D eigenvalue weighted by Crippen LogP contribution is 2.37. The van der Waals surface area contributed by atoms with Crippen LogP contribution in [-0.4, -0.2) is 40.3 Å². The summed E-state index contributed by atoms with van der Waals surface area (Å²) in [5, 5.41) is -0.192. The van der Waals surface area contributed by atoms with Gasteiger partial charge in [0, 0.05) is 13.1 Å². The third-order valence-corrected chi connectivity index (χ3v) is 5.04. The highest BCUT2D eigenvalue weighted by molar-refractivity contribution is 7.60. The second kappa shape index (κ2) is 7.27. The van der Waals surface area contributed by atoms with Gasteiger partial charge < -0.3 is 19.4 Å². The van der Waals surface area contributed by atoms with E-state index < -0.39 is 7.60 Å². The molecule has 0 heterocycles. The molecule has 1 amide bonds. The van der Waals surface area contributed by atoms with Crippen LogP contribution < -0.4 is 10.0 Å². The quantitative estimate of drug-likeness (QED) is 0.803. The van der Waals surface area contributed by atoms with Crippen molar-refractivity contribution in [2.45, 2.75) is 38.1 Å². The summed E-state index contributed by atoms with van der Waals surface area (Å²) >= 11 is 0. The number of carbonyl (C=O) groups is 1. The molecule has 122 valence electrons. The van der Waals surface area contributed by atoms with Crippen LogP contribution in [0.4, 0.5) is 0 Å². The Kier molecular flexibility index (Phi) is 5.62. The van der Waals surface area contributed by atoms with Gasteiger partial charge in [0.25, 0.3) is 5.91 Å². The standard InChI is InChI=1S/C15H22NO5P/c1-16(12-7-3-2-4-8-12)15(17)11-21-13-9-5-6-10-14(13)22(18,19)20/h5-6,9-10,12H,2-4,7-8,11H2,1H3,(H2,18,19,20). The van der Waals surface area contributed by atoms with E-state index in [1.165, 1.54) is 24.6 Å². The van der Waals surface area contributed by atoms with Gasteiger partial charge >= 0.3 is 7.60 Å². The van der Waals surface area contributed by atoms with Crippen molar-refractivity contribution >= 4 is 18.8 Å². The minimum Gasteiger partial charge on any atom is -0.483 e. The topological polar surface area (TPSA) is 87.1 Å². The first-order valence-corrected chi connectivity index (χ1v) is 9.04. The van der Waals surface area contributed by atoms with Crippen molar-refractivity contribution in [3.63, 3.8) is 0 Å². The third kappa shape index (κ3) is 4.32. The Bertz CT molecular complexity index is 565. The Morgan fingerprint density at radius 2 is 1.91 bits per heavy atom. The van der Waals surface area contributed by atoms with Gasteiger partial charge in [-0.15, -0.1) is 0 Å². The Morgan fingerprint density at radius 1 is 1.27 bits per heavy atom. The fourth-order valence-electron chi connectivity index (χ4n) is 2.73. The van der Waals surface area contributed by atoms with Gasteiger partial charge in [0.15, 0.2) is 6.61 Å². The number of benzene rings is 1. The maximum absolute atomic E-state index is 12.2. The number of likely N-dealkylation sites (N-methyl/N-ethyl adjacent to an activating group) is 1. The van der Waals surface area contributed by atoms with Crippen LogP contribution in [0.15, 0.2) is 24.3 Å². The van der Waals surface area contributed by atoms with Gasteiger partial charge in [0.2, 0.25) is 0 Å². The van der Waals surface area contributed by atoms with Gasteiger partial charge in [-0.3, -0.25) is 9.36 Å². The van der Waals surface area contributed by atoms with Crippen LogP contribution in [0.5, 0.6) is 5.75 Å². The molecular weight excluding hydrogens is 305 g/mol. The third-order valence-electron chi connectivity index (χ3n) is 4.05. The zero-order valence-electron chi connectivity index (χ0n) is 12.6. The van der Waals surface area contributed by atoms with Gasteiger partial charge in [0.1, 0.15) is 11.1 Å².